The predicted octanol–water partition coefficient (Wildman–Crippen LogP) is 9.44. The molecule has 0 saturated heterocycles. The van der Waals surface area contributed by atoms with Crippen LogP contribution in [-0.2, 0) is 11.2 Å². The van der Waals surface area contributed by atoms with Crippen molar-refractivity contribution < 1.29 is 14.3 Å². The van der Waals surface area contributed by atoms with E-state index < -0.39 is 0 Å². The summed E-state index contributed by atoms with van der Waals surface area (Å²) in [5.41, 5.74) is 5.10. The number of carbonyl (C=O) groups excluding carboxylic acids is 1. The molecule has 4 aromatic carbocycles. The van der Waals surface area contributed by atoms with E-state index in [1.807, 2.05) is 36.4 Å². The van der Waals surface area contributed by atoms with Crippen LogP contribution in [0.3, 0.4) is 0 Å². The van der Waals surface area contributed by atoms with E-state index in [1.165, 1.54) is 22.8 Å². The third-order valence-corrected chi connectivity index (χ3v) is 9.19. The van der Waals surface area contributed by atoms with Crippen LogP contribution in [0.15, 0.2) is 84.9 Å². The van der Waals surface area contributed by atoms with Crippen LogP contribution in [0.5, 0.6) is 5.75 Å². The van der Waals surface area contributed by atoms with Gasteiger partial charge < -0.3 is 9.47 Å². The molecular formula is C37H40O3. The molecular weight excluding hydrogens is 492 g/mol. The summed E-state index contributed by atoms with van der Waals surface area (Å²) in [6.45, 7) is 9.07. The van der Waals surface area contributed by atoms with Crippen LogP contribution in [0.25, 0.3) is 21.9 Å². The summed E-state index contributed by atoms with van der Waals surface area (Å²) in [4.78, 5) is 14.0. The predicted molar refractivity (Wildman–Crippen MR) is 163 cm³/mol. The van der Waals surface area contributed by atoms with Gasteiger partial charge in [-0.15, -0.1) is 0 Å². The van der Waals surface area contributed by atoms with Crippen molar-refractivity contribution in [3.05, 3.63) is 102 Å². The maximum atomic E-state index is 14.0. The van der Waals surface area contributed by atoms with Crippen LogP contribution in [0.4, 0.5) is 0 Å². The first-order chi connectivity index (χ1) is 19.4. The zero-order valence-corrected chi connectivity index (χ0v) is 24.1. The van der Waals surface area contributed by atoms with Gasteiger partial charge in [-0.2, -0.15) is 0 Å². The van der Waals surface area contributed by atoms with Crippen LogP contribution < -0.4 is 4.74 Å². The highest BCUT2D eigenvalue weighted by molar-refractivity contribution is 5.94. The monoisotopic (exact) mass is 532 g/mol. The van der Waals surface area contributed by atoms with Gasteiger partial charge in [0.05, 0.1) is 0 Å². The van der Waals surface area contributed by atoms with E-state index in [2.05, 4.69) is 76.2 Å². The molecule has 2 aliphatic rings. The summed E-state index contributed by atoms with van der Waals surface area (Å²) in [5, 5.41) is 2.35. The van der Waals surface area contributed by atoms with Crippen LogP contribution in [0.1, 0.15) is 74.5 Å². The Kier molecular flexibility index (Phi) is 7.40. The average Bonchev–Trinajstić information content (AvgIpc) is 3.28. The normalized spacial score (nSPS) is 24.2. The molecule has 1 saturated carbocycles. The van der Waals surface area contributed by atoms with Crippen molar-refractivity contribution in [2.45, 2.75) is 65.6 Å². The second kappa shape index (κ2) is 11.1. The van der Waals surface area contributed by atoms with Crippen molar-refractivity contribution in [1.82, 2.24) is 0 Å². The summed E-state index contributed by atoms with van der Waals surface area (Å²) >= 11 is 0. The van der Waals surface area contributed by atoms with E-state index >= 15 is 0 Å². The van der Waals surface area contributed by atoms with Crippen molar-refractivity contribution >= 4 is 16.7 Å². The highest BCUT2D eigenvalue weighted by atomic mass is 16.5. The van der Waals surface area contributed by atoms with Gasteiger partial charge in [-0.25, -0.2) is 4.79 Å². The molecule has 6 rings (SSSR count). The van der Waals surface area contributed by atoms with Gasteiger partial charge in [0, 0.05) is 11.5 Å². The number of rotatable bonds is 6. The summed E-state index contributed by atoms with van der Waals surface area (Å²) < 4.78 is 13.2. The molecule has 206 valence electrons. The fourth-order valence-electron chi connectivity index (χ4n) is 6.96. The molecule has 1 fully saturated rings. The Hall–Kier alpha value is -3.59. The Bertz CT molecular complexity index is 1500. The van der Waals surface area contributed by atoms with E-state index in [0.29, 0.717) is 29.1 Å². The average molecular weight is 533 g/mol. The van der Waals surface area contributed by atoms with E-state index in [-0.39, 0.29) is 24.1 Å². The minimum absolute atomic E-state index is 0.0800. The minimum Gasteiger partial charge on any atom is -0.489 e. The number of hydrogen-bond donors (Lipinski definition) is 0. The Labute approximate surface area is 238 Å². The van der Waals surface area contributed by atoms with Gasteiger partial charge in [-0.1, -0.05) is 107 Å². The van der Waals surface area contributed by atoms with Gasteiger partial charge in [0.1, 0.15) is 23.5 Å². The number of esters is 1. The fourth-order valence-corrected chi connectivity index (χ4v) is 6.96. The third kappa shape index (κ3) is 5.14. The molecule has 0 radical (unpaired) electrons. The SMILES string of the molecule is CC(C)[C@@H]1CC[C@@H](C)C[C@H]1Oc1cc(-c2ccccc2)ccc1C(=O)O[C@@H]1c2c(ccc3ccccc23)C[C@@H]1C. The molecule has 0 aliphatic heterocycles. The summed E-state index contributed by atoms with van der Waals surface area (Å²) in [6, 6.07) is 29.0. The van der Waals surface area contributed by atoms with E-state index in [1.54, 1.807) is 0 Å². The summed E-state index contributed by atoms with van der Waals surface area (Å²) in [5.74, 6) is 2.14. The molecule has 3 nitrogen and oxygen atoms in total. The molecule has 5 atom stereocenters. The quantitative estimate of drug-likeness (QED) is 0.232. The molecule has 0 N–H and O–H groups in total. The number of hydrogen-bond acceptors (Lipinski definition) is 3. The Morgan fingerprint density at radius 1 is 0.850 bits per heavy atom. The summed E-state index contributed by atoms with van der Waals surface area (Å²) in [7, 11) is 0. The van der Waals surface area contributed by atoms with Crippen molar-refractivity contribution in [1.29, 1.82) is 0 Å². The topological polar surface area (TPSA) is 35.5 Å². The second-order valence-electron chi connectivity index (χ2n) is 12.4. The highest BCUT2D eigenvalue weighted by Crippen LogP contribution is 2.44. The molecule has 0 unspecified atom stereocenters. The number of ether oxygens (including phenoxy) is 2. The molecule has 40 heavy (non-hydrogen) atoms. The molecule has 0 heterocycles. The van der Waals surface area contributed by atoms with E-state index in [4.69, 9.17) is 9.47 Å². The van der Waals surface area contributed by atoms with Crippen molar-refractivity contribution in [3.8, 4) is 16.9 Å². The standard InChI is InChI=1S/C37H40O3/c1-23(2)30-18-14-24(3)20-33(30)39-34-22-28(26-10-6-5-7-11-26)17-19-32(34)37(38)40-36-25(4)21-29-16-15-27-12-8-9-13-31(27)35(29)36/h5-13,15-17,19,22-25,30,33,36H,14,18,20-21H2,1-4H3/t24-,25+,30+,33-,36+/m1/s1. The lowest BCUT2D eigenvalue weighted by molar-refractivity contribution is 0.0174. The lowest BCUT2D eigenvalue weighted by Crippen LogP contribution is -2.36. The van der Waals surface area contributed by atoms with Gasteiger partial charge in [0.2, 0.25) is 0 Å². The van der Waals surface area contributed by atoms with Gasteiger partial charge in [0.25, 0.3) is 0 Å². The molecule has 0 aromatic heterocycles. The first-order valence-corrected chi connectivity index (χ1v) is 15.0. The summed E-state index contributed by atoms with van der Waals surface area (Å²) in [6.07, 6.45) is 4.10. The number of fused-ring (bicyclic) bond motifs is 3. The zero-order chi connectivity index (χ0) is 27.8. The van der Waals surface area contributed by atoms with Gasteiger partial charge in [-0.3, -0.25) is 0 Å². The zero-order valence-electron chi connectivity index (χ0n) is 24.1. The van der Waals surface area contributed by atoms with Gasteiger partial charge in [0.15, 0.2) is 0 Å². The highest BCUT2D eigenvalue weighted by Gasteiger charge is 2.36. The molecule has 2 aliphatic carbocycles. The molecule has 0 spiro atoms. The van der Waals surface area contributed by atoms with Crippen LogP contribution in [-0.4, -0.2) is 12.1 Å². The molecule has 4 aromatic rings. The van der Waals surface area contributed by atoms with Crippen molar-refractivity contribution in [3.63, 3.8) is 0 Å². The Morgan fingerprint density at radius 3 is 2.42 bits per heavy atom. The lowest BCUT2D eigenvalue weighted by atomic mass is 9.75. The number of carbonyl (C=O) groups is 1. The van der Waals surface area contributed by atoms with Gasteiger partial charge >= 0.3 is 5.97 Å². The number of benzene rings is 4. The van der Waals surface area contributed by atoms with E-state index in [9.17, 15) is 4.79 Å². The van der Waals surface area contributed by atoms with E-state index in [0.717, 1.165) is 36.0 Å². The van der Waals surface area contributed by atoms with Crippen LogP contribution >= 0.6 is 0 Å². The molecule has 0 bridgehead atoms. The smallest absolute Gasteiger partial charge is 0.342 e. The van der Waals surface area contributed by atoms with Crippen molar-refractivity contribution in [2.75, 3.05) is 0 Å². The first-order valence-electron chi connectivity index (χ1n) is 15.0. The lowest BCUT2D eigenvalue weighted by Gasteiger charge is -2.37. The van der Waals surface area contributed by atoms with Crippen LogP contribution in [0.2, 0.25) is 0 Å². The maximum Gasteiger partial charge on any atom is 0.342 e. The first kappa shape index (κ1) is 26.6. The largest absolute Gasteiger partial charge is 0.489 e. The Balaban J connectivity index is 1.36. The fraction of sp³-hybridized carbons (Fsp3) is 0.378. The minimum atomic E-state index is -0.308. The van der Waals surface area contributed by atoms with Crippen molar-refractivity contribution in [2.24, 2.45) is 23.7 Å². The molecule has 3 heteroatoms. The molecule has 0 amide bonds. The van der Waals surface area contributed by atoms with Crippen LogP contribution in [0, 0.1) is 23.7 Å². The van der Waals surface area contributed by atoms with Gasteiger partial charge in [-0.05, 0) is 76.6 Å². The Morgan fingerprint density at radius 2 is 1.62 bits per heavy atom. The maximum absolute atomic E-state index is 14.0. The second-order valence-corrected chi connectivity index (χ2v) is 12.4. The third-order valence-electron chi connectivity index (χ3n) is 9.19.